The average molecular weight is 311 g/mol. The number of rotatable bonds is 4. The summed E-state index contributed by atoms with van der Waals surface area (Å²) in [6.07, 6.45) is 0.563. The van der Waals surface area contributed by atoms with Gasteiger partial charge in [-0.15, -0.1) is 21.5 Å². The summed E-state index contributed by atoms with van der Waals surface area (Å²) >= 11 is 4.27. The molecule has 98 valence electrons. The summed E-state index contributed by atoms with van der Waals surface area (Å²) in [5.74, 6) is 1.32. The van der Waals surface area contributed by atoms with E-state index in [1.54, 1.807) is 11.3 Å². The van der Waals surface area contributed by atoms with Crippen molar-refractivity contribution in [2.24, 2.45) is 0 Å². The lowest BCUT2D eigenvalue weighted by molar-refractivity contribution is 0.419. The standard InChI is InChI=1S/C10H9N5OS3/c1-5-11-10(19-15-5)18-9-14-13-8(16-9)3-7-4-17-6(2)12-7/h4H,3H2,1-2H3. The summed E-state index contributed by atoms with van der Waals surface area (Å²) in [5.41, 5.74) is 0.953. The van der Waals surface area contributed by atoms with E-state index in [9.17, 15) is 0 Å². The van der Waals surface area contributed by atoms with E-state index in [2.05, 4.69) is 24.5 Å². The lowest BCUT2D eigenvalue weighted by atomic mass is 10.3. The molecule has 0 aliphatic carbocycles. The molecule has 0 atom stereocenters. The number of aryl methyl sites for hydroxylation is 2. The van der Waals surface area contributed by atoms with Gasteiger partial charge >= 0.3 is 0 Å². The first-order valence-corrected chi connectivity index (χ1v) is 7.87. The van der Waals surface area contributed by atoms with Gasteiger partial charge in [-0.3, -0.25) is 0 Å². The minimum Gasteiger partial charge on any atom is -0.415 e. The fraction of sp³-hybridized carbons (Fsp3) is 0.300. The topological polar surface area (TPSA) is 77.6 Å². The zero-order chi connectivity index (χ0) is 13.2. The SMILES string of the molecule is Cc1nsc(Sc2nnc(Cc3csc(C)n3)o2)n1. The molecule has 6 nitrogen and oxygen atoms in total. The maximum atomic E-state index is 5.55. The maximum absolute atomic E-state index is 5.55. The molecule has 0 aliphatic heterocycles. The van der Waals surface area contributed by atoms with E-state index in [0.717, 1.165) is 20.9 Å². The Morgan fingerprint density at radius 3 is 2.84 bits per heavy atom. The minimum atomic E-state index is 0.484. The highest BCUT2D eigenvalue weighted by Crippen LogP contribution is 2.28. The van der Waals surface area contributed by atoms with Gasteiger partial charge in [0, 0.05) is 17.1 Å². The third-order valence-corrected chi connectivity index (χ3v) is 4.64. The molecule has 0 radical (unpaired) electrons. The highest BCUT2D eigenvalue weighted by Gasteiger charge is 2.12. The van der Waals surface area contributed by atoms with Gasteiger partial charge in [-0.1, -0.05) is 0 Å². The zero-order valence-corrected chi connectivity index (χ0v) is 12.6. The van der Waals surface area contributed by atoms with Crippen LogP contribution in [0.15, 0.2) is 19.4 Å². The fourth-order valence-electron chi connectivity index (χ4n) is 1.39. The quantitative estimate of drug-likeness (QED) is 0.733. The molecule has 3 aromatic heterocycles. The molecule has 0 spiro atoms. The smallest absolute Gasteiger partial charge is 0.283 e. The van der Waals surface area contributed by atoms with E-state index in [1.807, 2.05) is 19.2 Å². The van der Waals surface area contributed by atoms with Crippen LogP contribution in [0.5, 0.6) is 0 Å². The lowest BCUT2D eigenvalue weighted by Crippen LogP contribution is -1.88. The molecule has 0 N–H and O–H groups in total. The molecule has 0 aliphatic rings. The Morgan fingerprint density at radius 2 is 2.16 bits per heavy atom. The van der Waals surface area contributed by atoms with Crippen molar-refractivity contribution in [2.45, 2.75) is 29.8 Å². The van der Waals surface area contributed by atoms with Gasteiger partial charge in [0.25, 0.3) is 5.22 Å². The zero-order valence-electron chi connectivity index (χ0n) is 10.2. The van der Waals surface area contributed by atoms with E-state index in [4.69, 9.17) is 4.42 Å². The Bertz CT molecular complexity index is 632. The predicted molar refractivity (Wildman–Crippen MR) is 72.7 cm³/mol. The van der Waals surface area contributed by atoms with E-state index in [0.29, 0.717) is 17.5 Å². The molecule has 0 fully saturated rings. The van der Waals surface area contributed by atoms with E-state index < -0.39 is 0 Å². The van der Waals surface area contributed by atoms with Crippen molar-refractivity contribution in [3.63, 3.8) is 0 Å². The Kier molecular flexibility index (Phi) is 3.58. The predicted octanol–water partition coefficient (Wildman–Crippen LogP) is 2.74. The molecular weight excluding hydrogens is 302 g/mol. The van der Waals surface area contributed by atoms with Crippen LogP contribution >= 0.6 is 34.6 Å². The Hall–Kier alpha value is -1.32. The van der Waals surface area contributed by atoms with E-state index in [1.165, 1.54) is 23.3 Å². The summed E-state index contributed by atoms with van der Waals surface area (Å²) in [5, 5.41) is 11.5. The van der Waals surface area contributed by atoms with Gasteiger partial charge in [-0.25, -0.2) is 9.97 Å². The largest absolute Gasteiger partial charge is 0.415 e. The Labute approximate surface area is 121 Å². The van der Waals surface area contributed by atoms with Crippen LogP contribution in [0.4, 0.5) is 0 Å². The van der Waals surface area contributed by atoms with Crippen molar-refractivity contribution in [3.8, 4) is 0 Å². The first-order valence-electron chi connectivity index (χ1n) is 5.40. The summed E-state index contributed by atoms with van der Waals surface area (Å²) in [6.45, 7) is 3.82. The van der Waals surface area contributed by atoms with Gasteiger partial charge < -0.3 is 4.42 Å². The second-order valence-electron chi connectivity index (χ2n) is 3.71. The Balaban J connectivity index is 1.69. The average Bonchev–Trinajstić information content (AvgIpc) is 3.05. The van der Waals surface area contributed by atoms with Crippen molar-refractivity contribution in [2.75, 3.05) is 0 Å². The Morgan fingerprint density at radius 1 is 1.26 bits per heavy atom. The number of hydrogen-bond donors (Lipinski definition) is 0. The second kappa shape index (κ2) is 5.35. The second-order valence-corrected chi connectivity index (χ2v) is 6.72. The highest BCUT2D eigenvalue weighted by atomic mass is 32.2. The number of thiazole rings is 1. The third-order valence-electron chi connectivity index (χ3n) is 2.13. The van der Waals surface area contributed by atoms with Crippen LogP contribution in [-0.2, 0) is 6.42 Å². The van der Waals surface area contributed by atoms with Crippen LogP contribution < -0.4 is 0 Å². The number of nitrogens with zero attached hydrogens (tertiary/aromatic N) is 5. The summed E-state index contributed by atoms with van der Waals surface area (Å²) < 4.78 is 10.5. The molecule has 0 bridgehead atoms. The van der Waals surface area contributed by atoms with Crippen molar-refractivity contribution >= 4 is 34.6 Å². The summed E-state index contributed by atoms with van der Waals surface area (Å²) in [6, 6.07) is 0. The fourth-order valence-corrected chi connectivity index (χ4v) is 3.45. The molecule has 3 heterocycles. The van der Waals surface area contributed by atoms with Crippen LogP contribution in [0.2, 0.25) is 0 Å². The van der Waals surface area contributed by atoms with Crippen LogP contribution in [0.1, 0.15) is 22.4 Å². The first kappa shape index (κ1) is 12.7. The normalized spacial score (nSPS) is 11.1. The molecule has 0 amide bonds. The van der Waals surface area contributed by atoms with Crippen LogP contribution in [0, 0.1) is 13.8 Å². The monoisotopic (exact) mass is 311 g/mol. The summed E-state index contributed by atoms with van der Waals surface area (Å²) in [7, 11) is 0. The van der Waals surface area contributed by atoms with Crippen LogP contribution in [-0.4, -0.2) is 24.5 Å². The van der Waals surface area contributed by atoms with E-state index >= 15 is 0 Å². The molecule has 0 saturated carbocycles. The van der Waals surface area contributed by atoms with Crippen LogP contribution in [0.25, 0.3) is 0 Å². The maximum Gasteiger partial charge on any atom is 0.283 e. The van der Waals surface area contributed by atoms with E-state index in [-0.39, 0.29) is 0 Å². The number of aromatic nitrogens is 5. The van der Waals surface area contributed by atoms with Crippen molar-refractivity contribution < 1.29 is 4.42 Å². The number of hydrogen-bond acceptors (Lipinski definition) is 9. The van der Waals surface area contributed by atoms with Crippen molar-refractivity contribution in [1.29, 1.82) is 0 Å². The first-order chi connectivity index (χ1) is 9.19. The van der Waals surface area contributed by atoms with Gasteiger partial charge in [0.05, 0.1) is 17.1 Å². The lowest BCUT2D eigenvalue weighted by Gasteiger charge is -1.89. The third kappa shape index (κ3) is 3.17. The van der Waals surface area contributed by atoms with Gasteiger partial charge in [0.1, 0.15) is 5.82 Å². The van der Waals surface area contributed by atoms with Crippen molar-refractivity contribution in [1.82, 2.24) is 24.5 Å². The molecule has 0 saturated heterocycles. The molecule has 0 aromatic carbocycles. The summed E-state index contributed by atoms with van der Waals surface area (Å²) in [4.78, 5) is 8.60. The van der Waals surface area contributed by atoms with Gasteiger partial charge in [0.2, 0.25) is 5.89 Å². The van der Waals surface area contributed by atoms with Gasteiger partial charge in [-0.2, -0.15) is 4.37 Å². The highest BCUT2D eigenvalue weighted by molar-refractivity contribution is 8.00. The molecule has 9 heteroatoms. The van der Waals surface area contributed by atoms with Gasteiger partial charge in [0.15, 0.2) is 4.34 Å². The van der Waals surface area contributed by atoms with Crippen LogP contribution in [0.3, 0.4) is 0 Å². The van der Waals surface area contributed by atoms with Crippen molar-refractivity contribution in [3.05, 3.63) is 27.8 Å². The molecule has 19 heavy (non-hydrogen) atoms. The molecule has 3 aromatic rings. The molecular formula is C10H9N5OS3. The molecule has 0 unspecified atom stereocenters. The minimum absolute atomic E-state index is 0.484. The molecule has 3 rings (SSSR count). The van der Waals surface area contributed by atoms with Gasteiger partial charge in [-0.05, 0) is 25.4 Å².